The molecule has 0 aliphatic rings. The Balaban J connectivity index is 2.27. The van der Waals surface area contributed by atoms with Crippen molar-refractivity contribution in [2.45, 2.75) is 13.5 Å². The van der Waals surface area contributed by atoms with Crippen molar-refractivity contribution in [1.29, 1.82) is 0 Å². The van der Waals surface area contributed by atoms with Crippen LogP contribution in [0.3, 0.4) is 0 Å². The van der Waals surface area contributed by atoms with Crippen LogP contribution in [0.2, 0.25) is 0 Å². The first-order valence-electron chi connectivity index (χ1n) is 6.71. The first-order chi connectivity index (χ1) is 9.35. The van der Waals surface area contributed by atoms with Gasteiger partial charge in [0, 0.05) is 40.6 Å². The molecule has 0 aliphatic carbocycles. The number of nitrogens with one attached hydrogen (secondary N) is 1. The van der Waals surface area contributed by atoms with Crippen molar-refractivity contribution in [3.63, 3.8) is 0 Å². The molecule has 1 aromatic heterocycles. The Morgan fingerprint density at radius 2 is 1.89 bits per heavy atom. The van der Waals surface area contributed by atoms with Gasteiger partial charge in [0.25, 0.3) is 0 Å². The Kier molecular flexibility index (Phi) is 3.00. The number of para-hydroxylation sites is 1. The quantitative estimate of drug-likeness (QED) is 0.678. The van der Waals surface area contributed by atoms with E-state index in [4.69, 9.17) is 0 Å². The van der Waals surface area contributed by atoms with E-state index in [1.165, 1.54) is 21.8 Å². The zero-order chi connectivity index (χ0) is 13.2. The van der Waals surface area contributed by atoms with Gasteiger partial charge in [-0.05, 0) is 31.2 Å². The summed E-state index contributed by atoms with van der Waals surface area (Å²) in [5.41, 5.74) is 3.75. The van der Waals surface area contributed by atoms with E-state index in [0.717, 1.165) is 18.8 Å². The lowest BCUT2D eigenvalue weighted by atomic mass is 10.1. The van der Waals surface area contributed by atoms with Gasteiger partial charge in [-0.1, -0.05) is 24.3 Å². The Bertz CT molecular complexity index is 737. The fraction of sp³-hybridized carbons (Fsp3) is 0.176. The highest BCUT2D eigenvalue weighted by molar-refractivity contribution is 6.09. The van der Waals surface area contributed by atoms with E-state index in [0.29, 0.717) is 0 Å². The lowest BCUT2D eigenvalue weighted by molar-refractivity contribution is 0.827. The van der Waals surface area contributed by atoms with E-state index in [1.807, 2.05) is 6.08 Å². The highest BCUT2D eigenvalue weighted by Crippen LogP contribution is 2.30. The summed E-state index contributed by atoms with van der Waals surface area (Å²) in [4.78, 5) is 0. The number of hydrogen-bond acceptors (Lipinski definition) is 1. The van der Waals surface area contributed by atoms with Gasteiger partial charge in [0.1, 0.15) is 0 Å². The maximum absolute atomic E-state index is 3.74. The normalized spacial score (nSPS) is 11.0. The van der Waals surface area contributed by atoms with Gasteiger partial charge in [-0.15, -0.1) is 6.58 Å². The van der Waals surface area contributed by atoms with Gasteiger partial charge < -0.3 is 9.88 Å². The fourth-order valence-electron chi connectivity index (χ4n) is 2.69. The zero-order valence-corrected chi connectivity index (χ0v) is 11.2. The topological polar surface area (TPSA) is 17.0 Å². The molecule has 0 spiro atoms. The van der Waals surface area contributed by atoms with Crippen LogP contribution in [0.5, 0.6) is 0 Å². The van der Waals surface area contributed by atoms with Crippen LogP contribution in [0.1, 0.15) is 6.92 Å². The molecule has 0 amide bonds. The van der Waals surface area contributed by atoms with Gasteiger partial charge in [0.2, 0.25) is 0 Å². The minimum Gasteiger partial charge on any atom is -0.382 e. The molecule has 0 atom stereocenters. The fourth-order valence-corrected chi connectivity index (χ4v) is 2.69. The molecule has 2 heteroatoms. The van der Waals surface area contributed by atoms with Crippen LogP contribution < -0.4 is 5.32 Å². The third-order valence-corrected chi connectivity index (χ3v) is 3.54. The Hall–Kier alpha value is -2.22. The molecule has 0 bridgehead atoms. The SMILES string of the molecule is C=CCNc1ccc2c(c1)c1ccccc1n2CC. The molecule has 1 heterocycles. The third kappa shape index (κ3) is 1.89. The Morgan fingerprint density at radius 1 is 1.11 bits per heavy atom. The zero-order valence-electron chi connectivity index (χ0n) is 11.2. The van der Waals surface area contributed by atoms with Crippen molar-refractivity contribution in [2.24, 2.45) is 0 Å². The summed E-state index contributed by atoms with van der Waals surface area (Å²) in [6, 6.07) is 15.2. The van der Waals surface area contributed by atoms with Crippen molar-refractivity contribution in [3.05, 3.63) is 55.1 Å². The second kappa shape index (κ2) is 4.81. The molecule has 1 N–H and O–H groups in total. The predicted octanol–water partition coefficient (Wildman–Crippen LogP) is 4.41. The molecule has 19 heavy (non-hydrogen) atoms. The second-order valence-corrected chi connectivity index (χ2v) is 4.66. The lowest BCUT2D eigenvalue weighted by Gasteiger charge is -2.05. The first kappa shape index (κ1) is 11.8. The standard InChI is InChI=1S/C17H18N2/c1-3-11-18-13-9-10-17-15(12-13)14-7-5-6-8-16(14)19(17)4-2/h3,5-10,12,18H,1,4,11H2,2H3. The van der Waals surface area contributed by atoms with E-state index in [2.05, 4.69) is 65.9 Å². The van der Waals surface area contributed by atoms with Gasteiger partial charge in [-0.2, -0.15) is 0 Å². The van der Waals surface area contributed by atoms with Crippen molar-refractivity contribution < 1.29 is 0 Å². The summed E-state index contributed by atoms with van der Waals surface area (Å²) in [6.07, 6.45) is 1.87. The number of aromatic nitrogens is 1. The van der Waals surface area contributed by atoms with Crippen LogP contribution in [-0.2, 0) is 6.54 Å². The largest absolute Gasteiger partial charge is 0.382 e. The van der Waals surface area contributed by atoms with Crippen molar-refractivity contribution >= 4 is 27.5 Å². The third-order valence-electron chi connectivity index (χ3n) is 3.54. The molecular formula is C17H18N2. The minimum absolute atomic E-state index is 0.790. The van der Waals surface area contributed by atoms with Crippen LogP contribution in [-0.4, -0.2) is 11.1 Å². The number of aryl methyl sites for hydroxylation is 1. The van der Waals surface area contributed by atoms with E-state index < -0.39 is 0 Å². The van der Waals surface area contributed by atoms with E-state index in [1.54, 1.807) is 0 Å². The molecule has 0 saturated heterocycles. The van der Waals surface area contributed by atoms with Gasteiger partial charge in [-0.3, -0.25) is 0 Å². The van der Waals surface area contributed by atoms with Gasteiger partial charge in [0.05, 0.1) is 0 Å². The molecule has 0 saturated carbocycles. The molecule has 2 nitrogen and oxygen atoms in total. The molecule has 0 aliphatic heterocycles. The Labute approximate surface area is 113 Å². The monoisotopic (exact) mass is 250 g/mol. The highest BCUT2D eigenvalue weighted by Gasteiger charge is 2.09. The van der Waals surface area contributed by atoms with Gasteiger partial charge in [-0.25, -0.2) is 0 Å². The maximum Gasteiger partial charge on any atom is 0.0492 e. The average molecular weight is 250 g/mol. The minimum atomic E-state index is 0.790. The molecule has 96 valence electrons. The number of fused-ring (bicyclic) bond motifs is 3. The summed E-state index contributed by atoms with van der Waals surface area (Å²) in [6.45, 7) is 7.71. The predicted molar refractivity (Wildman–Crippen MR) is 83.8 cm³/mol. The molecule has 0 fully saturated rings. The number of benzene rings is 2. The summed E-state index contributed by atoms with van der Waals surface area (Å²) < 4.78 is 2.36. The highest BCUT2D eigenvalue weighted by atomic mass is 15.0. The summed E-state index contributed by atoms with van der Waals surface area (Å²) in [5.74, 6) is 0. The molecule has 2 aromatic carbocycles. The van der Waals surface area contributed by atoms with Crippen molar-refractivity contribution in [1.82, 2.24) is 4.57 Å². The van der Waals surface area contributed by atoms with Crippen LogP contribution in [0.15, 0.2) is 55.1 Å². The first-order valence-corrected chi connectivity index (χ1v) is 6.71. The summed E-state index contributed by atoms with van der Waals surface area (Å²) in [7, 11) is 0. The summed E-state index contributed by atoms with van der Waals surface area (Å²) >= 11 is 0. The number of nitrogens with zero attached hydrogens (tertiary/aromatic N) is 1. The Morgan fingerprint density at radius 3 is 2.68 bits per heavy atom. The van der Waals surface area contributed by atoms with E-state index in [-0.39, 0.29) is 0 Å². The van der Waals surface area contributed by atoms with Crippen LogP contribution in [0.4, 0.5) is 5.69 Å². The summed E-state index contributed by atoms with van der Waals surface area (Å²) in [5, 5.41) is 5.98. The molecular weight excluding hydrogens is 232 g/mol. The van der Waals surface area contributed by atoms with Gasteiger partial charge in [0.15, 0.2) is 0 Å². The molecule has 3 aromatic rings. The van der Waals surface area contributed by atoms with Crippen LogP contribution in [0, 0.1) is 0 Å². The second-order valence-electron chi connectivity index (χ2n) is 4.66. The lowest BCUT2D eigenvalue weighted by Crippen LogP contribution is -1.97. The van der Waals surface area contributed by atoms with Crippen molar-refractivity contribution in [3.8, 4) is 0 Å². The van der Waals surface area contributed by atoms with E-state index in [9.17, 15) is 0 Å². The number of hydrogen-bond donors (Lipinski definition) is 1. The molecule has 3 rings (SSSR count). The maximum atomic E-state index is 3.74. The van der Waals surface area contributed by atoms with E-state index >= 15 is 0 Å². The van der Waals surface area contributed by atoms with Crippen molar-refractivity contribution in [2.75, 3.05) is 11.9 Å². The molecule has 0 radical (unpaired) electrons. The average Bonchev–Trinajstić information content (AvgIpc) is 2.78. The van der Waals surface area contributed by atoms with Crippen LogP contribution >= 0.6 is 0 Å². The number of anilines is 1. The van der Waals surface area contributed by atoms with Gasteiger partial charge >= 0.3 is 0 Å². The van der Waals surface area contributed by atoms with Crippen LogP contribution in [0.25, 0.3) is 21.8 Å². The molecule has 0 unspecified atom stereocenters. The number of rotatable bonds is 4. The smallest absolute Gasteiger partial charge is 0.0492 e.